The van der Waals surface area contributed by atoms with Gasteiger partial charge in [0, 0.05) is 5.56 Å². The number of carbonyl (C=O) groups excluding carboxylic acids is 2. The largest absolute Gasteiger partial charge is 0.493 e. The van der Waals surface area contributed by atoms with Gasteiger partial charge in [0.2, 0.25) is 0 Å². The summed E-state index contributed by atoms with van der Waals surface area (Å²) in [5, 5.41) is 3.77. The number of rotatable bonds is 7. The molecule has 0 fully saturated rings. The van der Waals surface area contributed by atoms with Gasteiger partial charge in [0.1, 0.15) is 14.8 Å². The number of carbonyl (C=O) groups is 2. The maximum Gasteiger partial charge on any atom is 0.350 e. The fourth-order valence-electron chi connectivity index (χ4n) is 2.69. The van der Waals surface area contributed by atoms with Crippen LogP contribution in [0.1, 0.15) is 37.7 Å². The van der Waals surface area contributed by atoms with Crippen molar-refractivity contribution in [1.29, 1.82) is 0 Å². The van der Waals surface area contributed by atoms with E-state index in [2.05, 4.69) is 15.3 Å². The third-order valence-corrected chi connectivity index (χ3v) is 6.37. The number of hydrogen-bond acceptors (Lipinski definition) is 9. The molecule has 0 aliphatic carbocycles. The van der Waals surface area contributed by atoms with E-state index in [1.54, 1.807) is 41.1 Å². The number of hydrogen-bond donors (Lipinski definition) is 1. The minimum absolute atomic E-state index is 0.275. The first-order chi connectivity index (χ1) is 14.4. The molecule has 0 spiro atoms. The Hall–Kier alpha value is -2.98. The number of thiazole rings is 2. The topological polar surface area (TPSA) is 99.6 Å². The maximum absolute atomic E-state index is 12.8. The second kappa shape index (κ2) is 9.23. The van der Waals surface area contributed by atoms with Gasteiger partial charge in [-0.25, -0.2) is 14.8 Å². The summed E-state index contributed by atoms with van der Waals surface area (Å²) in [6.07, 6.45) is 0. The molecule has 2 heterocycles. The van der Waals surface area contributed by atoms with E-state index in [0.29, 0.717) is 42.8 Å². The second-order valence-electron chi connectivity index (χ2n) is 6.11. The number of anilines is 1. The Labute approximate surface area is 181 Å². The van der Waals surface area contributed by atoms with Crippen LogP contribution in [0.5, 0.6) is 11.5 Å². The van der Waals surface area contributed by atoms with Crippen LogP contribution < -0.4 is 14.8 Å². The number of aromatic nitrogens is 2. The fourth-order valence-corrected chi connectivity index (χ4v) is 4.50. The summed E-state index contributed by atoms with van der Waals surface area (Å²) in [5.74, 6) is 0.418. The van der Waals surface area contributed by atoms with Gasteiger partial charge < -0.3 is 14.2 Å². The molecule has 158 valence electrons. The van der Waals surface area contributed by atoms with E-state index in [1.807, 2.05) is 12.1 Å². The molecular weight excluding hydrogens is 426 g/mol. The summed E-state index contributed by atoms with van der Waals surface area (Å²) >= 11 is 2.35. The summed E-state index contributed by atoms with van der Waals surface area (Å²) in [7, 11) is 3.13. The number of ether oxygens (including phenoxy) is 3. The van der Waals surface area contributed by atoms with Crippen LogP contribution in [-0.2, 0) is 4.74 Å². The normalized spacial score (nSPS) is 10.6. The highest BCUT2D eigenvalue weighted by Gasteiger charge is 2.21. The summed E-state index contributed by atoms with van der Waals surface area (Å²) in [6.45, 7) is 5.48. The summed E-state index contributed by atoms with van der Waals surface area (Å²) in [4.78, 5) is 34.4. The standard InChI is InChI=1S/C20H21N3O5S2/c1-6-28-19(25)16-11(3)22-20(30-16)23-17(24)15-10(2)21-18(29-15)12-7-8-13(26-4)14(9-12)27-5/h7-9H,6H2,1-5H3,(H,22,23,24). The van der Waals surface area contributed by atoms with Crippen LogP contribution in [-0.4, -0.2) is 42.7 Å². The minimum Gasteiger partial charge on any atom is -0.493 e. The molecule has 3 rings (SSSR count). The molecule has 0 saturated heterocycles. The predicted octanol–water partition coefficient (Wildman–Crippen LogP) is 4.33. The molecule has 0 unspecified atom stereocenters. The smallest absolute Gasteiger partial charge is 0.350 e. The summed E-state index contributed by atoms with van der Waals surface area (Å²) in [5.41, 5.74) is 1.93. The third-order valence-electron chi connectivity index (χ3n) is 4.11. The number of nitrogens with one attached hydrogen (secondary N) is 1. The van der Waals surface area contributed by atoms with Crippen LogP contribution in [0, 0.1) is 13.8 Å². The van der Waals surface area contributed by atoms with Crippen molar-refractivity contribution < 1.29 is 23.8 Å². The van der Waals surface area contributed by atoms with Gasteiger partial charge >= 0.3 is 5.97 Å². The number of amides is 1. The van der Waals surface area contributed by atoms with Gasteiger partial charge in [-0.15, -0.1) is 11.3 Å². The lowest BCUT2D eigenvalue weighted by molar-refractivity contribution is 0.0531. The highest BCUT2D eigenvalue weighted by molar-refractivity contribution is 7.18. The summed E-state index contributed by atoms with van der Waals surface area (Å²) < 4.78 is 15.6. The highest BCUT2D eigenvalue weighted by atomic mass is 32.1. The number of benzene rings is 1. The van der Waals surface area contributed by atoms with Crippen molar-refractivity contribution in [2.24, 2.45) is 0 Å². The first-order valence-corrected chi connectivity index (χ1v) is 10.7. The van der Waals surface area contributed by atoms with Gasteiger partial charge in [-0.05, 0) is 39.0 Å². The van der Waals surface area contributed by atoms with Gasteiger partial charge in [-0.2, -0.15) is 0 Å². The molecule has 10 heteroatoms. The lowest BCUT2D eigenvalue weighted by Gasteiger charge is -2.08. The van der Waals surface area contributed by atoms with E-state index < -0.39 is 5.97 Å². The minimum atomic E-state index is -0.447. The first-order valence-electron chi connectivity index (χ1n) is 9.03. The van der Waals surface area contributed by atoms with Crippen LogP contribution in [0.2, 0.25) is 0 Å². The number of methoxy groups -OCH3 is 2. The molecule has 0 radical (unpaired) electrons. The Balaban J connectivity index is 1.83. The van der Waals surface area contributed by atoms with Crippen molar-refractivity contribution in [2.45, 2.75) is 20.8 Å². The van der Waals surface area contributed by atoms with Gasteiger partial charge in [-0.3, -0.25) is 10.1 Å². The molecule has 0 aliphatic heterocycles. The van der Waals surface area contributed by atoms with Crippen molar-refractivity contribution in [1.82, 2.24) is 9.97 Å². The third kappa shape index (κ3) is 4.44. The van der Waals surface area contributed by atoms with Crippen molar-refractivity contribution >= 4 is 39.7 Å². The van der Waals surface area contributed by atoms with Crippen LogP contribution in [0.3, 0.4) is 0 Å². The molecule has 30 heavy (non-hydrogen) atoms. The van der Waals surface area contributed by atoms with Gasteiger partial charge in [-0.1, -0.05) is 11.3 Å². The quantitative estimate of drug-likeness (QED) is 0.538. The number of esters is 1. The zero-order valence-electron chi connectivity index (χ0n) is 17.2. The van der Waals surface area contributed by atoms with Gasteiger partial charge in [0.15, 0.2) is 16.6 Å². The number of nitrogens with zero attached hydrogens (tertiary/aromatic N) is 2. The molecule has 3 aromatic rings. The van der Waals surface area contributed by atoms with Crippen LogP contribution in [0.25, 0.3) is 10.6 Å². The van der Waals surface area contributed by atoms with Gasteiger partial charge in [0.05, 0.1) is 32.2 Å². The zero-order chi connectivity index (χ0) is 21.8. The van der Waals surface area contributed by atoms with E-state index in [0.717, 1.165) is 16.9 Å². The lowest BCUT2D eigenvalue weighted by Crippen LogP contribution is -2.11. The molecule has 1 N–H and O–H groups in total. The van der Waals surface area contributed by atoms with Crippen LogP contribution in [0.4, 0.5) is 5.13 Å². The zero-order valence-corrected chi connectivity index (χ0v) is 18.8. The molecule has 0 bridgehead atoms. The van der Waals surface area contributed by atoms with Crippen LogP contribution in [0.15, 0.2) is 18.2 Å². The van der Waals surface area contributed by atoms with Crippen molar-refractivity contribution in [3.05, 3.63) is 39.3 Å². The van der Waals surface area contributed by atoms with Gasteiger partial charge in [0.25, 0.3) is 5.91 Å². The molecule has 0 saturated carbocycles. The van der Waals surface area contributed by atoms with Crippen molar-refractivity contribution in [3.8, 4) is 22.1 Å². The fraction of sp³-hybridized carbons (Fsp3) is 0.300. The highest BCUT2D eigenvalue weighted by Crippen LogP contribution is 2.35. The van der Waals surface area contributed by atoms with E-state index in [1.165, 1.54) is 11.3 Å². The van der Waals surface area contributed by atoms with Crippen molar-refractivity contribution in [3.63, 3.8) is 0 Å². The SMILES string of the molecule is CCOC(=O)c1sc(NC(=O)c2sc(-c3ccc(OC)c(OC)c3)nc2C)nc1C. The Kier molecular flexibility index (Phi) is 6.68. The Morgan fingerprint density at radius 2 is 1.70 bits per heavy atom. The molecule has 0 aliphatic rings. The molecule has 0 atom stereocenters. The van der Waals surface area contributed by atoms with Crippen LogP contribution >= 0.6 is 22.7 Å². The first kappa shape index (κ1) is 21.7. The average Bonchev–Trinajstić information content (AvgIpc) is 3.30. The predicted molar refractivity (Wildman–Crippen MR) is 116 cm³/mol. The van der Waals surface area contributed by atoms with E-state index >= 15 is 0 Å². The molecular formula is C20H21N3O5S2. The molecule has 8 nitrogen and oxygen atoms in total. The summed E-state index contributed by atoms with van der Waals surface area (Å²) in [6, 6.07) is 5.46. The Bertz CT molecular complexity index is 1090. The Morgan fingerprint density at radius 3 is 2.37 bits per heavy atom. The van der Waals surface area contributed by atoms with E-state index in [9.17, 15) is 9.59 Å². The average molecular weight is 448 g/mol. The second-order valence-corrected chi connectivity index (χ2v) is 8.11. The van der Waals surface area contributed by atoms with Crippen molar-refractivity contribution in [2.75, 3.05) is 26.1 Å². The Morgan fingerprint density at radius 1 is 1.00 bits per heavy atom. The maximum atomic E-state index is 12.8. The molecule has 2 aromatic heterocycles. The van der Waals surface area contributed by atoms with E-state index in [4.69, 9.17) is 14.2 Å². The monoisotopic (exact) mass is 447 g/mol. The number of aryl methyl sites for hydroxylation is 2. The van der Waals surface area contributed by atoms with E-state index in [-0.39, 0.29) is 12.5 Å². The lowest BCUT2D eigenvalue weighted by atomic mass is 10.2. The molecule has 1 amide bonds. The molecule has 1 aromatic carbocycles.